The number of hydrogen-bond acceptors (Lipinski definition) is 3. The second-order valence-electron chi connectivity index (χ2n) is 6.18. The molecule has 1 aliphatic heterocycles. The molecule has 0 aromatic heterocycles. The molecule has 1 aliphatic rings. The quantitative estimate of drug-likeness (QED) is 0.653. The van der Waals surface area contributed by atoms with Crippen LogP contribution in [0.3, 0.4) is 0 Å². The number of nitrogens with one attached hydrogen (secondary N) is 1. The molecule has 1 heterocycles. The topological polar surface area (TPSA) is 61.8 Å². The second kappa shape index (κ2) is 6.43. The molecule has 5 nitrogen and oxygen atoms in total. The zero-order valence-electron chi connectivity index (χ0n) is 13.4. The third-order valence-corrected chi connectivity index (χ3v) is 6.46. The summed E-state index contributed by atoms with van der Waals surface area (Å²) in [6, 6.07) is 3.30. The van der Waals surface area contributed by atoms with Crippen LogP contribution in [0, 0.1) is 11.6 Å². The number of sulfone groups is 1. The standard InChI is InChI=1S/C15H21F2N3O2S/c1-15(2)10-20(4-5-23(15,21)22)14(18-3)19-9-11-6-12(16)8-13(17)7-11/h6-8H,4-5,9-10H2,1-3H3,(H,18,19). The Hall–Kier alpha value is -1.70. The minimum Gasteiger partial charge on any atom is -0.352 e. The summed E-state index contributed by atoms with van der Waals surface area (Å²) in [5, 5.41) is 3.02. The van der Waals surface area contributed by atoms with Crippen LogP contribution in [-0.4, -0.2) is 49.9 Å². The predicted octanol–water partition coefficient (Wildman–Crippen LogP) is 1.55. The van der Waals surface area contributed by atoms with Crippen molar-refractivity contribution in [3.8, 4) is 0 Å². The molecular weight excluding hydrogens is 324 g/mol. The van der Waals surface area contributed by atoms with Gasteiger partial charge in [0.2, 0.25) is 0 Å². The Morgan fingerprint density at radius 2 is 1.91 bits per heavy atom. The fraction of sp³-hybridized carbons (Fsp3) is 0.533. The Morgan fingerprint density at radius 3 is 2.43 bits per heavy atom. The molecule has 8 heteroatoms. The molecule has 2 rings (SSSR count). The van der Waals surface area contributed by atoms with Gasteiger partial charge in [-0.3, -0.25) is 4.99 Å². The lowest BCUT2D eigenvalue weighted by Gasteiger charge is -2.39. The average molecular weight is 345 g/mol. The van der Waals surface area contributed by atoms with Gasteiger partial charge in [0, 0.05) is 32.7 Å². The van der Waals surface area contributed by atoms with Crippen LogP contribution in [-0.2, 0) is 16.4 Å². The fourth-order valence-electron chi connectivity index (χ4n) is 2.55. The van der Waals surface area contributed by atoms with Gasteiger partial charge < -0.3 is 10.2 Å². The van der Waals surface area contributed by atoms with Crippen LogP contribution in [0.1, 0.15) is 19.4 Å². The van der Waals surface area contributed by atoms with Gasteiger partial charge in [-0.05, 0) is 31.5 Å². The zero-order chi connectivity index (χ0) is 17.3. The molecule has 0 bridgehead atoms. The highest BCUT2D eigenvalue weighted by molar-refractivity contribution is 7.92. The summed E-state index contributed by atoms with van der Waals surface area (Å²) in [5.74, 6) is -0.712. The summed E-state index contributed by atoms with van der Waals surface area (Å²) in [5.41, 5.74) is 0.451. The summed E-state index contributed by atoms with van der Waals surface area (Å²) in [6.07, 6.45) is 0. The van der Waals surface area contributed by atoms with Crippen LogP contribution in [0.5, 0.6) is 0 Å². The number of aliphatic imine (C=N–C) groups is 1. The van der Waals surface area contributed by atoms with Crippen LogP contribution >= 0.6 is 0 Å². The number of nitrogens with zero attached hydrogens (tertiary/aromatic N) is 2. The predicted molar refractivity (Wildman–Crippen MR) is 86.0 cm³/mol. The highest BCUT2D eigenvalue weighted by Crippen LogP contribution is 2.23. The molecule has 1 aromatic carbocycles. The van der Waals surface area contributed by atoms with Gasteiger partial charge in [-0.25, -0.2) is 17.2 Å². The fourth-order valence-corrected chi connectivity index (χ4v) is 3.92. The Kier molecular flexibility index (Phi) is 4.93. The summed E-state index contributed by atoms with van der Waals surface area (Å²) in [6.45, 7) is 4.22. The minimum absolute atomic E-state index is 0.0509. The lowest BCUT2D eigenvalue weighted by atomic mass is 10.2. The van der Waals surface area contributed by atoms with Crippen molar-refractivity contribution in [1.29, 1.82) is 0 Å². The van der Waals surface area contributed by atoms with Gasteiger partial charge in [0.15, 0.2) is 15.8 Å². The highest BCUT2D eigenvalue weighted by Gasteiger charge is 2.40. The summed E-state index contributed by atoms with van der Waals surface area (Å²) < 4.78 is 49.6. The van der Waals surface area contributed by atoms with Gasteiger partial charge in [0.05, 0.1) is 10.5 Å². The van der Waals surface area contributed by atoms with Gasteiger partial charge in [-0.1, -0.05) is 0 Å². The maximum atomic E-state index is 13.2. The normalized spacial score (nSPS) is 20.4. The lowest BCUT2D eigenvalue weighted by molar-refractivity contribution is 0.353. The van der Waals surface area contributed by atoms with Gasteiger partial charge >= 0.3 is 0 Å². The summed E-state index contributed by atoms with van der Waals surface area (Å²) >= 11 is 0. The van der Waals surface area contributed by atoms with Crippen LogP contribution in [0.15, 0.2) is 23.2 Å². The second-order valence-corrected chi connectivity index (χ2v) is 8.92. The molecule has 1 fully saturated rings. The van der Waals surface area contributed by atoms with Gasteiger partial charge in [0.1, 0.15) is 11.6 Å². The monoisotopic (exact) mass is 345 g/mol. The number of hydrogen-bond donors (Lipinski definition) is 1. The Balaban J connectivity index is 2.07. The molecule has 0 aliphatic carbocycles. The van der Waals surface area contributed by atoms with E-state index in [1.807, 2.05) is 4.90 Å². The van der Waals surface area contributed by atoms with Crippen molar-refractivity contribution in [3.63, 3.8) is 0 Å². The number of benzene rings is 1. The first-order chi connectivity index (χ1) is 10.6. The lowest BCUT2D eigenvalue weighted by Crippen LogP contribution is -2.57. The maximum Gasteiger partial charge on any atom is 0.193 e. The Morgan fingerprint density at radius 1 is 1.30 bits per heavy atom. The van der Waals surface area contributed by atoms with Gasteiger partial charge in [-0.2, -0.15) is 0 Å². The van der Waals surface area contributed by atoms with Crippen molar-refractivity contribution in [2.45, 2.75) is 25.1 Å². The Bertz CT molecular complexity index is 697. The molecule has 1 saturated heterocycles. The van der Waals surface area contributed by atoms with E-state index in [-0.39, 0.29) is 12.3 Å². The first-order valence-electron chi connectivity index (χ1n) is 7.27. The molecule has 1 N–H and O–H groups in total. The van der Waals surface area contributed by atoms with Crippen molar-refractivity contribution in [3.05, 3.63) is 35.4 Å². The van der Waals surface area contributed by atoms with Crippen LogP contribution < -0.4 is 5.32 Å². The van der Waals surface area contributed by atoms with Crippen LogP contribution in [0.25, 0.3) is 0 Å². The van der Waals surface area contributed by atoms with Crippen molar-refractivity contribution >= 4 is 15.8 Å². The third-order valence-electron chi connectivity index (χ3n) is 3.93. The summed E-state index contributed by atoms with van der Waals surface area (Å²) in [4.78, 5) is 5.98. The van der Waals surface area contributed by atoms with E-state index in [1.165, 1.54) is 12.1 Å². The SMILES string of the molecule is CN=C(NCc1cc(F)cc(F)c1)N1CCS(=O)(=O)C(C)(C)C1. The molecule has 0 amide bonds. The van der Waals surface area contributed by atoms with E-state index in [0.29, 0.717) is 24.6 Å². The van der Waals surface area contributed by atoms with Gasteiger partial charge in [-0.15, -0.1) is 0 Å². The minimum atomic E-state index is -3.14. The largest absolute Gasteiger partial charge is 0.352 e. The molecule has 0 spiro atoms. The average Bonchev–Trinajstić information content (AvgIpc) is 2.42. The molecule has 1 aromatic rings. The van der Waals surface area contributed by atoms with E-state index in [1.54, 1.807) is 20.9 Å². The van der Waals surface area contributed by atoms with Crippen LogP contribution in [0.2, 0.25) is 0 Å². The third kappa shape index (κ3) is 3.99. The zero-order valence-corrected chi connectivity index (χ0v) is 14.3. The van der Waals surface area contributed by atoms with E-state index in [4.69, 9.17) is 0 Å². The first-order valence-corrected chi connectivity index (χ1v) is 8.93. The number of halogens is 2. The maximum absolute atomic E-state index is 13.2. The molecule has 0 unspecified atom stereocenters. The van der Waals surface area contributed by atoms with Crippen molar-refractivity contribution in [2.75, 3.05) is 25.9 Å². The van der Waals surface area contributed by atoms with E-state index >= 15 is 0 Å². The molecule has 0 saturated carbocycles. The first kappa shape index (κ1) is 17.7. The molecule has 128 valence electrons. The molecular formula is C15H21F2N3O2S. The smallest absolute Gasteiger partial charge is 0.193 e. The number of rotatable bonds is 2. The summed E-state index contributed by atoms with van der Waals surface area (Å²) in [7, 11) is -1.55. The molecule has 23 heavy (non-hydrogen) atoms. The molecule has 0 atom stereocenters. The van der Waals surface area contributed by atoms with Crippen LogP contribution in [0.4, 0.5) is 8.78 Å². The van der Waals surface area contributed by atoms with E-state index in [0.717, 1.165) is 6.07 Å². The highest BCUT2D eigenvalue weighted by atomic mass is 32.2. The van der Waals surface area contributed by atoms with Crippen molar-refractivity contribution < 1.29 is 17.2 Å². The van der Waals surface area contributed by atoms with Gasteiger partial charge in [0.25, 0.3) is 0 Å². The van der Waals surface area contributed by atoms with Crippen molar-refractivity contribution in [2.24, 2.45) is 4.99 Å². The van der Waals surface area contributed by atoms with Crippen molar-refractivity contribution in [1.82, 2.24) is 10.2 Å². The van der Waals surface area contributed by atoms with E-state index in [9.17, 15) is 17.2 Å². The Labute approximate surface area is 135 Å². The number of guanidine groups is 1. The van der Waals surface area contributed by atoms with E-state index in [2.05, 4.69) is 10.3 Å². The van der Waals surface area contributed by atoms with E-state index < -0.39 is 26.2 Å². The molecule has 0 radical (unpaired) electrons.